The Morgan fingerprint density at radius 2 is 2.12 bits per heavy atom. The third kappa shape index (κ3) is 1.71. The van der Waals surface area contributed by atoms with Gasteiger partial charge in [0.1, 0.15) is 5.75 Å². The number of aryl methyl sites for hydroxylation is 1. The lowest BCUT2D eigenvalue weighted by molar-refractivity contribution is 0.120. The number of ether oxygens (including phenoxy) is 1. The third-order valence-electron chi connectivity index (χ3n) is 3.89. The Balaban J connectivity index is 2.35. The van der Waals surface area contributed by atoms with Crippen LogP contribution < -0.4 is 4.74 Å². The smallest absolute Gasteiger partial charge is 0.122 e. The number of hydrogen-bond donors (Lipinski definition) is 1. The molecule has 1 N–H and O–H groups in total. The molecule has 1 aromatic carbocycles. The minimum Gasteiger partial charge on any atom is -0.496 e. The van der Waals surface area contributed by atoms with Gasteiger partial charge in [-0.2, -0.15) is 0 Å². The molecule has 1 saturated carbocycles. The molecular formula is C14H20O2. The van der Waals surface area contributed by atoms with Crippen LogP contribution in [0.5, 0.6) is 5.75 Å². The monoisotopic (exact) mass is 220 g/mol. The first kappa shape index (κ1) is 11.5. The van der Waals surface area contributed by atoms with E-state index in [4.69, 9.17) is 4.74 Å². The molecule has 0 aromatic heterocycles. The summed E-state index contributed by atoms with van der Waals surface area (Å²) in [6, 6.07) is 6.34. The van der Waals surface area contributed by atoms with Crippen LogP contribution in [0.15, 0.2) is 18.2 Å². The van der Waals surface area contributed by atoms with E-state index in [1.54, 1.807) is 7.11 Å². The summed E-state index contributed by atoms with van der Waals surface area (Å²) in [6.07, 6.45) is 4.42. The van der Waals surface area contributed by atoms with Gasteiger partial charge in [-0.05, 0) is 36.5 Å². The molecule has 0 amide bonds. The van der Waals surface area contributed by atoms with Gasteiger partial charge in [0.15, 0.2) is 0 Å². The van der Waals surface area contributed by atoms with Gasteiger partial charge in [0.2, 0.25) is 0 Å². The lowest BCUT2D eigenvalue weighted by Gasteiger charge is -2.41. The molecule has 2 heteroatoms. The Morgan fingerprint density at radius 3 is 2.56 bits per heavy atom. The number of methoxy groups -OCH3 is 1. The van der Waals surface area contributed by atoms with Crippen LogP contribution >= 0.6 is 0 Å². The third-order valence-corrected chi connectivity index (χ3v) is 3.89. The number of rotatable bonds is 4. The maximum absolute atomic E-state index is 9.55. The summed E-state index contributed by atoms with van der Waals surface area (Å²) in [7, 11) is 1.71. The summed E-state index contributed by atoms with van der Waals surface area (Å²) >= 11 is 0. The molecule has 16 heavy (non-hydrogen) atoms. The van der Waals surface area contributed by atoms with Gasteiger partial charge in [0.25, 0.3) is 0 Å². The molecule has 1 aliphatic carbocycles. The van der Waals surface area contributed by atoms with Crippen molar-refractivity contribution in [2.24, 2.45) is 0 Å². The number of hydrogen-bond acceptors (Lipinski definition) is 2. The number of aliphatic hydroxyl groups excluding tert-OH is 1. The van der Waals surface area contributed by atoms with E-state index < -0.39 is 0 Å². The maximum Gasteiger partial charge on any atom is 0.122 e. The minimum absolute atomic E-state index is 0.0379. The second kappa shape index (κ2) is 4.46. The zero-order valence-corrected chi connectivity index (χ0v) is 10.1. The molecule has 0 saturated heterocycles. The first-order chi connectivity index (χ1) is 7.75. The molecule has 0 spiro atoms. The topological polar surface area (TPSA) is 29.5 Å². The fourth-order valence-corrected chi connectivity index (χ4v) is 2.53. The predicted molar refractivity (Wildman–Crippen MR) is 65.0 cm³/mol. The molecule has 0 heterocycles. The largest absolute Gasteiger partial charge is 0.496 e. The fourth-order valence-electron chi connectivity index (χ4n) is 2.53. The molecule has 0 unspecified atom stereocenters. The first-order valence-corrected chi connectivity index (χ1v) is 6.04. The van der Waals surface area contributed by atoms with Crippen LogP contribution in [0.3, 0.4) is 0 Å². The highest BCUT2D eigenvalue weighted by Gasteiger charge is 2.38. The van der Waals surface area contributed by atoms with Crippen molar-refractivity contribution < 1.29 is 9.84 Å². The van der Waals surface area contributed by atoms with Gasteiger partial charge in [0.05, 0.1) is 13.7 Å². The lowest BCUT2D eigenvalue weighted by atomic mass is 9.65. The van der Waals surface area contributed by atoms with E-state index >= 15 is 0 Å². The Kier molecular flexibility index (Phi) is 3.20. The molecule has 1 aliphatic rings. The average molecular weight is 220 g/mol. The van der Waals surface area contributed by atoms with E-state index in [1.807, 2.05) is 6.07 Å². The van der Waals surface area contributed by atoms with Crippen molar-refractivity contribution >= 4 is 0 Å². The van der Waals surface area contributed by atoms with Crippen molar-refractivity contribution in [3.8, 4) is 5.75 Å². The Morgan fingerprint density at radius 1 is 1.38 bits per heavy atom. The minimum atomic E-state index is 0.0379. The average Bonchev–Trinajstić information content (AvgIpc) is 2.28. The van der Waals surface area contributed by atoms with Gasteiger partial charge < -0.3 is 9.84 Å². The van der Waals surface area contributed by atoms with E-state index in [9.17, 15) is 5.11 Å². The first-order valence-electron chi connectivity index (χ1n) is 6.04. The molecule has 1 fully saturated rings. The standard InChI is InChI=1S/C14H20O2/c1-3-11-9-12(5-6-13(11)16-2)14(10-15)7-4-8-14/h5-6,9,15H,3-4,7-8,10H2,1-2H3. The maximum atomic E-state index is 9.55. The molecule has 2 nitrogen and oxygen atoms in total. The second-order valence-electron chi connectivity index (χ2n) is 4.67. The van der Waals surface area contributed by atoms with Crippen LogP contribution in [-0.4, -0.2) is 18.8 Å². The van der Waals surface area contributed by atoms with E-state index in [1.165, 1.54) is 17.5 Å². The summed E-state index contributed by atoms with van der Waals surface area (Å²) in [4.78, 5) is 0. The summed E-state index contributed by atoms with van der Waals surface area (Å²) in [5.74, 6) is 0.957. The van der Waals surface area contributed by atoms with Gasteiger partial charge >= 0.3 is 0 Å². The Hall–Kier alpha value is -1.02. The summed E-state index contributed by atoms with van der Waals surface area (Å²) < 4.78 is 5.33. The van der Waals surface area contributed by atoms with Crippen molar-refractivity contribution in [1.29, 1.82) is 0 Å². The van der Waals surface area contributed by atoms with Crippen molar-refractivity contribution in [2.45, 2.75) is 38.0 Å². The highest BCUT2D eigenvalue weighted by molar-refractivity contribution is 5.41. The van der Waals surface area contributed by atoms with Crippen LogP contribution in [0.1, 0.15) is 37.3 Å². The van der Waals surface area contributed by atoms with Crippen LogP contribution in [0.2, 0.25) is 0 Å². The molecule has 0 aliphatic heterocycles. The SMILES string of the molecule is CCc1cc(C2(CO)CCC2)ccc1OC. The fraction of sp³-hybridized carbons (Fsp3) is 0.571. The summed E-state index contributed by atoms with van der Waals surface area (Å²) in [5.41, 5.74) is 2.55. The van der Waals surface area contributed by atoms with E-state index in [2.05, 4.69) is 19.1 Å². The van der Waals surface area contributed by atoms with Gasteiger partial charge in [-0.25, -0.2) is 0 Å². The predicted octanol–water partition coefficient (Wildman–Crippen LogP) is 2.67. The van der Waals surface area contributed by atoms with Crippen molar-refractivity contribution in [2.75, 3.05) is 13.7 Å². The molecule has 2 rings (SSSR count). The van der Waals surface area contributed by atoms with Crippen molar-refractivity contribution in [3.63, 3.8) is 0 Å². The van der Waals surface area contributed by atoms with Crippen LogP contribution in [0.4, 0.5) is 0 Å². The van der Waals surface area contributed by atoms with Gasteiger partial charge in [0, 0.05) is 5.41 Å². The Labute approximate surface area is 97.3 Å². The van der Waals surface area contributed by atoms with Crippen LogP contribution in [0.25, 0.3) is 0 Å². The quantitative estimate of drug-likeness (QED) is 0.845. The van der Waals surface area contributed by atoms with Crippen LogP contribution in [0, 0.1) is 0 Å². The number of aliphatic hydroxyl groups is 1. The highest BCUT2D eigenvalue weighted by Crippen LogP contribution is 2.44. The lowest BCUT2D eigenvalue weighted by Crippen LogP contribution is -2.37. The molecule has 1 aromatic rings. The number of benzene rings is 1. The van der Waals surface area contributed by atoms with E-state index in [-0.39, 0.29) is 12.0 Å². The molecule has 0 radical (unpaired) electrons. The molecule has 0 bridgehead atoms. The van der Waals surface area contributed by atoms with Crippen molar-refractivity contribution in [1.82, 2.24) is 0 Å². The zero-order chi connectivity index (χ0) is 11.6. The highest BCUT2D eigenvalue weighted by atomic mass is 16.5. The van der Waals surface area contributed by atoms with Gasteiger partial charge in [-0.1, -0.05) is 25.5 Å². The summed E-state index contributed by atoms with van der Waals surface area (Å²) in [6.45, 7) is 2.40. The van der Waals surface area contributed by atoms with Crippen molar-refractivity contribution in [3.05, 3.63) is 29.3 Å². The molecule has 0 atom stereocenters. The van der Waals surface area contributed by atoms with E-state index in [0.29, 0.717) is 0 Å². The second-order valence-corrected chi connectivity index (χ2v) is 4.67. The van der Waals surface area contributed by atoms with E-state index in [0.717, 1.165) is 25.0 Å². The normalized spacial score (nSPS) is 17.9. The summed E-state index contributed by atoms with van der Waals surface area (Å²) in [5, 5.41) is 9.55. The van der Waals surface area contributed by atoms with Crippen LogP contribution in [-0.2, 0) is 11.8 Å². The zero-order valence-electron chi connectivity index (χ0n) is 10.1. The molecule has 88 valence electrons. The van der Waals surface area contributed by atoms with Gasteiger partial charge in [-0.15, -0.1) is 0 Å². The Bertz CT molecular complexity index is 361. The molecular weight excluding hydrogens is 200 g/mol. The van der Waals surface area contributed by atoms with Gasteiger partial charge in [-0.3, -0.25) is 0 Å².